The minimum Gasteiger partial charge on any atom is -0.348 e. The molecule has 0 bridgehead atoms. The third-order valence-electron chi connectivity index (χ3n) is 3.74. The van der Waals surface area contributed by atoms with Crippen LogP contribution in [0.4, 0.5) is 0 Å². The Hall–Kier alpha value is -2.17. The van der Waals surface area contributed by atoms with E-state index in [4.69, 9.17) is 0 Å². The zero-order chi connectivity index (χ0) is 15.4. The molecule has 2 N–H and O–H groups in total. The standard InChI is InChI=1S/C16H21N3O2/c1-4-10(2)9-11(3)17-16(21)14-12-7-5-6-8-13(12)15(20)19-18-14/h5-8,10-11H,4,9H2,1-3H3,(H,17,21)(H,19,20). The highest BCUT2D eigenvalue weighted by Gasteiger charge is 2.16. The molecule has 0 fully saturated rings. The number of aromatic amines is 1. The van der Waals surface area contributed by atoms with Gasteiger partial charge in [0.25, 0.3) is 11.5 Å². The van der Waals surface area contributed by atoms with Crippen molar-refractivity contribution in [1.82, 2.24) is 15.5 Å². The first kappa shape index (κ1) is 15.2. The fourth-order valence-electron chi connectivity index (χ4n) is 2.41. The minimum absolute atomic E-state index is 0.0694. The molecule has 0 saturated carbocycles. The average Bonchev–Trinajstić information content (AvgIpc) is 2.47. The van der Waals surface area contributed by atoms with Crippen molar-refractivity contribution in [3.63, 3.8) is 0 Å². The molecular weight excluding hydrogens is 266 g/mol. The van der Waals surface area contributed by atoms with Gasteiger partial charge in [0.05, 0.1) is 5.39 Å². The summed E-state index contributed by atoms with van der Waals surface area (Å²) >= 11 is 0. The van der Waals surface area contributed by atoms with E-state index in [-0.39, 0.29) is 23.2 Å². The maximum absolute atomic E-state index is 12.4. The van der Waals surface area contributed by atoms with E-state index in [1.54, 1.807) is 24.3 Å². The third kappa shape index (κ3) is 3.48. The summed E-state index contributed by atoms with van der Waals surface area (Å²) in [5.74, 6) is 0.304. The first-order valence-corrected chi connectivity index (χ1v) is 7.31. The third-order valence-corrected chi connectivity index (χ3v) is 3.74. The Kier molecular flexibility index (Phi) is 4.73. The Morgan fingerprint density at radius 1 is 1.29 bits per heavy atom. The lowest BCUT2D eigenvalue weighted by Gasteiger charge is -2.17. The van der Waals surface area contributed by atoms with E-state index in [0.29, 0.717) is 16.7 Å². The van der Waals surface area contributed by atoms with Gasteiger partial charge in [-0.2, -0.15) is 5.10 Å². The maximum Gasteiger partial charge on any atom is 0.272 e. The summed E-state index contributed by atoms with van der Waals surface area (Å²) in [5.41, 5.74) is -0.0176. The minimum atomic E-state index is -0.283. The molecule has 2 aromatic rings. The summed E-state index contributed by atoms with van der Waals surface area (Å²) in [7, 11) is 0. The number of hydrogen-bond acceptors (Lipinski definition) is 3. The van der Waals surface area contributed by atoms with Crippen LogP contribution in [-0.2, 0) is 0 Å². The number of amides is 1. The van der Waals surface area contributed by atoms with Gasteiger partial charge >= 0.3 is 0 Å². The van der Waals surface area contributed by atoms with Crippen molar-refractivity contribution >= 4 is 16.7 Å². The van der Waals surface area contributed by atoms with E-state index in [2.05, 4.69) is 29.4 Å². The van der Waals surface area contributed by atoms with Crippen molar-refractivity contribution in [2.75, 3.05) is 0 Å². The molecule has 112 valence electrons. The van der Waals surface area contributed by atoms with E-state index >= 15 is 0 Å². The average molecular weight is 287 g/mol. The molecular formula is C16H21N3O2. The smallest absolute Gasteiger partial charge is 0.272 e. The van der Waals surface area contributed by atoms with Gasteiger partial charge in [-0.1, -0.05) is 38.5 Å². The molecule has 0 aliphatic carbocycles. The summed E-state index contributed by atoms with van der Waals surface area (Å²) in [6.07, 6.45) is 2.00. The van der Waals surface area contributed by atoms with Crippen molar-refractivity contribution in [3.8, 4) is 0 Å². The van der Waals surface area contributed by atoms with Crippen LogP contribution in [0.1, 0.15) is 44.1 Å². The van der Waals surface area contributed by atoms with E-state index in [1.165, 1.54) is 0 Å². The van der Waals surface area contributed by atoms with Crippen molar-refractivity contribution < 1.29 is 4.79 Å². The lowest BCUT2D eigenvalue weighted by Crippen LogP contribution is -2.35. The Morgan fingerprint density at radius 2 is 1.95 bits per heavy atom. The van der Waals surface area contributed by atoms with Crippen LogP contribution < -0.4 is 10.9 Å². The maximum atomic E-state index is 12.4. The Balaban J connectivity index is 2.24. The van der Waals surface area contributed by atoms with Gasteiger partial charge in [0.15, 0.2) is 5.69 Å². The Labute approximate surface area is 123 Å². The number of nitrogens with one attached hydrogen (secondary N) is 2. The largest absolute Gasteiger partial charge is 0.348 e. The predicted molar refractivity (Wildman–Crippen MR) is 83.4 cm³/mol. The van der Waals surface area contributed by atoms with Crippen LogP contribution >= 0.6 is 0 Å². The van der Waals surface area contributed by atoms with Gasteiger partial charge in [-0.3, -0.25) is 9.59 Å². The van der Waals surface area contributed by atoms with E-state index in [9.17, 15) is 9.59 Å². The van der Waals surface area contributed by atoms with Gasteiger partial charge in [0.1, 0.15) is 0 Å². The monoisotopic (exact) mass is 287 g/mol. The van der Waals surface area contributed by atoms with E-state index in [1.807, 2.05) is 6.92 Å². The summed E-state index contributed by atoms with van der Waals surface area (Å²) in [5, 5.41) is 10.3. The van der Waals surface area contributed by atoms with Gasteiger partial charge in [-0.25, -0.2) is 5.10 Å². The molecule has 0 aliphatic heterocycles. The van der Waals surface area contributed by atoms with Crippen LogP contribution in [0.2, 0.25) is 0 Å². The van der Waals surface area contributed by atoms with E-state index in [0.717, 1.165) is 12.8 Å². The molecule has 1 heterocycles. The molecule has 0 saturated heterocycles. The van der Waals surface area contributed by atoms with Crippen molar-refractivity contribution in [1.29, 1.82) is 0 Å². The Morgan fingerprint density at radius 3 is 2.62 bits per heavy atom. The quantitative estimate of drug-likeness (QED) is 0.887. The number of rotatable bonds is 5. The molecule has 2 unspecified atom stereocenters. The summed E-state index contributed by atoms with van der Waals surface area (Å²) in [4.78, 5) is 24.1. The highest BCUT2D eigenvalue weighted by atomic mass is 16.2. The molecule has 0 radical (unpaired) electrons. The fraction of sp³-hybridized carbons (Fsp3) is 0.438. The lowest BCUT2D eigenvalue weighted by atomic mass is 10.0. The van der Waals surface area contributed by atoms with Crippen LogP contribution in [0.25, 0.3) is 10.8 Å². The van der Waals surface area contributed by atoms with Gasteiger partial charge in [-0.05, 0) is 25.3 Å². The van der Waals surface area contributed by atoms with Crippen LogP contribution in [-0.4, -0.2) is 22.1 Å². The van der Waals surface area contributed by atoms with Crippen LogP contribution in [0.5, 0.6) is 0 Å². The highest BCUT2D eigenvalue weighted by molar-refractivity contribution is 6.04. The topological polar surface area (TPSA) is 74.8 Å². The summed E-state index contributed by atoms with van der Waals surface area (Å²) < 4.78 is 0. The SMILES string of the molecule is CCC(C)CC(C)NC(=O)c1n[nH]c(=O)c2ccccc12. The zero-order valence-corrected chi connectivity index (χ0v) is 12.6. The number of nitrogens with zero attached hydrogens (tertiary/aromatic N) is 1. The number of fused-ring (bicyclic) bond motifs is 1. The molecule has 5 nitrogen and oxygen atoms in total. The first-order chi connectivity index (χ1) is 10.0. The number of benzene rings is 1. The normalized spacial score (nSPS) is 13.9. The van der Waals surface area contributed by atoms with E-state index < -0.39 is 0 Å². The molecule has 1 amide bonds. The molecule has 1 aromatic heterocycles. The second kappa shape index (κ2) is 6.52. The second-order valence-corrected chi connectivity index (χ2v) is 5.57. The molecule has 2 rings (SSSR count). The summed E-state index contributed by atoms with van der Waals surface area (Å²) in [6, 6.07) is 7.06. The number of H-pyrrole nitrogens is 1. The number of hydrogen-bond donors (Lipinski definition) is 2. The van der Waals surface area contributed by atoms with Gasteiger partial charge in [0.2, 0.25) is 0 Å². The van der Waals surface area contributed by atoms with Crippen LogP contribution in [0.15, 0.2) is 29.1 Å². The van der Waals surface area contributed by atoms with Crippen LogP contribution in [0.3, 0.4) is 0 Å². The fourth-order valence-corrected chi connectivity index (χ4v) is 2.41. The van der Waals surface area contributed by atoms with Gasteiger partial charge < -0.3 is 5.32 Å². The first-order valence-electron chi connectivity index (χ1n) is 7.31. The Bertz CT molecular complexity index is 693. The van der Waals surface area contributed by atoms with Crippen molar-refractivity contribution in [2.45, 2.75) is 39.7 Å². The van der Waals surface area contributed by atoms with Gasteiger partial charge in [-0.15, -0.1) is 0 Å². The molecule has 1 aromatic carbocycles. The lowest BCUT2D eigenvalue weighted by molar-refractivity contribution is 0.0931. The number of aromatic nitrogens is 2. The van der Waals surface area contributed by atoms with Crippen LogP contribution in [0, 0.1) is 5.92 Å². The van der Waals surface area contributed by atoms with Gasteiger partial charge in [0, 0.05) is 11.4 Å². The van der Waals surface area contributed by atoms with Crippen molar-refractivity contribution in [2.24, 2.45) is 5.92 Å². The number of carbonyl (C=O) groups excluding carboxylic acids is 1. The summed E-state index contributed by atoms with van der Waals surface area (Å²) in [6.45, 7) is 6.28. The molecule has 0 aliphatic rings. The molecule has 0 spiro atoms. The highest BCUT2D eigenvalue weighted by Crippen LogP contribution is 2.14. The molecule has 21 heavy (non-hydrogen) atoms. The molecule has 2 atom stereocenters. The molecule has 5 heteroatoms. The zero-order valence-electron chi connectivity index (χ0n) is 12.6. The van der Waals surface area contributed by atoms with Crippen molar-refractivity contribution in [3.05, 3.63) is 40.3 Å². The number of carbonyl (C=O) groups is 1. The second-order valence-electron chi connectivity index (χ2n) is 5.57. The predicted octanol–water partition coefficient (Wildman–Crippen LogP) is 2.48.